The first-order valence-electron chi connectivity index (χ1n) is 8.18. The molecule has 0 atom stereocenters. The summed E-state index contributed by atoms with van der Waals surface area (Å²) in [6.45, 7) is 1.19. The van der Waals surface area contributed by atoms with Crippen molar-refractivity contribution in [3.05, 3.63) is 28.8 Å². The normalized spacial score (nSPS) is 16.4. The van der Waals surface area contributed by atoms with Crippen LogP contribution in [0.15, 0.2) is 18.2 Å². The molecule has 2 rings (SSSR count). The molecule has 1 aromatic carbocycles. The Hall–Kier alpha value is -1.80. The van der Waals surface area contributed by atoms with Crippen molar-refractivity contribution in [2.24, 2.45) is 5.92 Å². The summed E-state index contributed by atoms with van der Waals surface area (Å²) in [5.74, 6) is -0.421. The Morgan fingerprint density at radius 2 is 1.88 bits per heavy atom. The minimum Gasteiger partial charge on any atom is -0.349 e. The molecule has 1 fully saturated rings. The van der Waals surface area contributed by atoms with Crippen LogP contribution in [0.3, 0.4) is 0 Å². The molecule has 9 heteroatoms. The van der Waals surface area contributed by atoms with Gasteiger partial charge in [-0.3, -0.25) is 14.5 Å². The van der Waals surface area contributed by atoms with Crippen LogP contribution in [0, 0.1) is 5.92 Å². The monoisotopic (exact) mass is 391 g/mol. The highest BCUT2D eigenvalue weighted by molar-refractivity contribution is 6.33. The largest absolute Gasteiger partial charge is 0.416 e. The Balaban J connectivity index is 1.91. The summed E-state index contributed by atoms with van der Waals surface area (Å²) in [5, 5.41) is 2.48. The second-order valence-electron chi connectivity index (χ2n) is 6.52. The van der Waals surface area contributed by atoms with Crippen molar-refractivity contribution < 1.29 is 22.8 Å². The lowest BCUT2D eigenvalue weighted by atomic mass is 9.95. The van der Waals surface area contributed by atoms with E-state index in [9.17, 15) is 22.8 Å². The van der Waals surface area contributed by atoms with Gasteiger partial charge in [0.2, 0.25) is 11.8 Å². The molecule has 0 aliphatic carbocycles. The van der Waals surface area contributed by atoms with Crippen LogP contribution >= 0.6 is 11.6 Å². The van der Waals surface area contributed by atoms with Crippen molar-refractivity contribution in [2.75, 3.05) is 39.0 Å². The molecule has 0 aromatic heterocycles. The smallest absolute Gasteiger partial charge is 0.349 e. The predicted octanol–water partition coefficient (Wildman–Crippen LogP) is 3.10. The van der Waals surface area contributed by atoms with Gasteiger partial charge in [0.1, 0.15) is 0 Å². The number of hydrogen-bond acceptors (Lipinski definition) is 3. The van der Waals surface area contributed by atoms with Crippen LogP contribution in [-0.2, 0) is 15.8 Å². The van der Waals surface area contributed by atoms with Crippen molar-refractivity contribution in [2.45, 2.75) is 19.0 Å². The molecule has 0 radical (unpaired) electrons. The highest BCUT2D eigenvalue weighted by Crippen LogP contribution is 2.33. The van der Waals surface area contributed by atoms with Crippen LogP contribution in [0.2, 0.25) is 5.02 Å². The molecule has 2 amide bonds. The molecular weight excluding hydrogens is 371 g/mol. The molecule has 144 valence electrons. The van der Waals surface area contributed by atoms with Crippen molar-refractivity contribution in [3.8, 4) is 0 Å². The van der Waals surface area contributed by atoms with Gasteiger partial charge in [-0.1, -0.05) is 11.6 Å². The number of likely N-dealkylation sites (tertiary alicyclic amines) is 1. The first kappa shape index (κ1) is 20.5. The standard InChI is InChI=1S/C17H21ClF3N3O2/c1-23(2)16(26)11-5-7-24(8-6-11)10-15(25)22-14-9-12(17(19,20)21)3-4-13(14)18/h3-4,9,11H,5-8,10H2,1-2H3,(H,22,25). The highest BCUT2D eigenvalue weighted by atomic mass is 35.5. The molecular formula is C17H21ClF3N3O2. The Kier molecular flexibility index (Phi) is 6.52. The number of nitrogens with zero attached hydrogens (tertiary/aromatic N) is 2. The SMILES string of the molecule is CN(C)C(=O)C1CCN(CC(=O)Nc2cc(C(F)(F)F)ccc2Cl)CC1. The number of carbonyl (C=O) groups is 2. The zero-order valence-corrected chi connectivity index (χ0v) is 15.3. The zero-order valence-electron chi connectivity index (χ0n) is 14.6. The first-order valence-corrected chi connectivity index (χ1v) is 8.56. The molecule has 0 spiro atoms. The van der Waals surface area contributed by atoms with E-state index in [0.717, 1.165) is 18.2 Å². The summed E-state index contributed by atoms with van der Waals surface area (Å²) in [5.41, 5.74) is -0.940. The third kappa shape index (κ3) is 5.35. The summed E-state index contributed by atoms with van der Waals surface area (Å²) in [7, 11) is 3.42. The van der Waals surface area contributed by atoms with Crippen molar-refractivity contribution in [3.63, 3.8) is 0 Å². The molecule has 0 bridgehead atoms. The fourth-order valence-corrected chi connectivity index (χ4v) is 3.06. The number of alkyl halides is 3. The molecule has 1 aliphatic heterocycles. The first-order chi connectivity index (χ1) is 12.1. The van der Waals surface area contributed by atoms with E-state index in [1.807, 2.05) is 4.90 Å². The molecule has 5 nitrogen and oxygen atoms in total. The quantitative estimate of drug-likeness (QED) is 0.858. The van der Waals surface area contributed by atoms with E-state index in [1.54, 1.807) is 19.0 Å². The van der Waals surface area contributed by atoms with E-state index in [-0.39, 0.29) is 29.1 Å². The maximum Gasteiger partial charge on any atom is 0.416 e. The zero-order chi connectivity index (χ0) is 19.5. The lowest BCUT2D eigenvalue weighted by Crippen LogP contribution is -2.43. The van der Waals surface area contributed by atoms with Crippen LogP contribution in [-0.4, -0.2) is 55.3 Å². The van der Waals surface area contributed by atoms with E-state index in [1.165, 1.54) is 0 Å². The van der Waals surface area contributed by atoms with Crippen molar-refractivity contribution >= 4 is 29.1 Å². The lowest BCUT2D eigenvalue weighted by molar-refractivity contribution is -0.137. The number of carbonyl (C=O) groups excluding carboxylic acids is 2. The van der Waals surface area contributed by atoms with Crippen LogP contribution in [0.4, 0.5) is 18.9 Å². The van der Waals surface area contributed by atoms with Crippen molar-refractivity contribution in [1.82, 2.24) is 9.80 Å². The molecule has 1 aromatic rings. The molecule has 0 saturated carbocycles. The van der Waals surface area contributed by atoms with Crippen molar-refractivity contribution in [1.29, 1.82) is 0 Å². The van der Waals surface area contributed by atoms with Gasteiger partial charge in [0.25, 0.3) is 0 Å². The summed E-state index contributed by atoms with van der Waals surface area (Å²) in [6, 6.07) is 2.80. The fraction of sp³-hybridized carbons (Fsp3) is 0.529. The van der Waals surface area contributed by atoms with Crippen LogP contribution in [0.5, 0.6) is 0 Å². The van der Waals surface area contributed by atoms with Gasteiger partial charge < -0.3 is 10.2 Å². The highest BCUT2D eigenvalue weighted by Gasteiger charge is 2.31. The molecule has 26 heavy (non-hydrogen) atoms. The Morgan fingerprint density at radius 1 is 1.27 bits per heavy atom. The van der Waals surface area contributed by atoms with Gasteiger partial charge in [-0.05, 0) is 44.1 Å². The summed E-state index contributed by atoms with van der Waals surface area (Å²) in [4.78, 5) is 27.5. The molecule has 1 aliphatic rings. The fourth-order valence-electron chi connectivity index (χ4n) is 2.89. The second kappa shape index (κ2) is 8.26. The Bertz CT molecular complexity index is 672. The molecule has 1 heterocycles. The van der Waals surface area contributed by atoms with Gasteiger partial charge in [-0.15, -0.1) is 0 Å². The van der Waals surface area contributed by atoms with E-state index in [2.05, 4.69) is 5.32 Å². The Morgan fingerprint density at radius 3 is 2.42 bits per heavy atom. The number of amides is 2. The average Bonchev–Trinajstić information content (AvgIpc) is 2.55. The lowest BCUT2D eigenvalue weighted by Gasteiger charge is -2.31. The molecule has 1 N–H and O–H groups in total. The topological polar surface area (TPSA) is 52.7 Å². The van der Waals surface area contributed by atoms with Gasteiger partial charge in [-0.2, -0.15) is 13.2 Å². The minimum atomic E-state index is -4.51. The van der Waals surface area contributed by atoms with E-state index < -0.39 is 17.6 Å². The van der Waals surface area contributed by atoms with Crippen LogP contribution < -0.4 is 5.32 Å². The van der Waals surface area contributed by atoms with E-state index in [4.69, 9.17) is 11.6 Å². The number of nitrogens with one attached hydrogen (secondary N) is 1. The second-order valence-corrected chi connectivity index (χ2v) is 6.93. The number of rotatable bonds is 4. The third-order valence-corrected chi connectivity index (χ3v) is 4.64. The van der Waals surface area contributed by atoms with Gasteiger partial charge in [-0.25, -0.2) is 0 Å². The number of benzene rings is 1. The van der Waals surface area contributed by atoms with Gasteiger partial charge >= 0.3 is 6.18 Å². The minimum absolute atomic E-state index is 0.0372. The Labute approximate surface area is 155 Å². The maximum atomic E-state index is 12.8. The summed E-state index contributed by atoms with van der Waals surface area (Å²) in [6.07, 6.45) is -3.21. The number of anilines is 1. The summed E-state index contributed by atoms with van der Waals surface area (Å²) < 4.78 is 38.3. The number of halogens is 4. The summed E-state index contributed by atoms with van der Waals surface area (Å²) >= 11 is 5.88. The van der Waals surface area contributed by atoms with E-state index in [0.29, 0.717) is 25.9 Å². The molecule has 0 unspecified atom stereocenters. The molecule has 1 saturated heterocycles. The average molecular weight is 392 g/mol. The van der Waals surface area contributed by atoms with Crippen LogP contribution in [0.1, 0.15) is 18.4 Å². The van der Waals surface area contributed by atoms with Gasteiger partial charge in [0.05, 0.1) is 22.8 Å². The number of hydrogen-bond donors (Lipinski definition) is 1. The predicted molar refractivity (Wildman–Crippen MR) is 92.9 cm³/mol. The maximum absolute atomic E-state index is 12.8. The third-order valence-electron chi connectivity index (χ3n) is 4.31. The van der Waals surface area contributed by atoms with Crippen LogP contribution in [0.25, 0.3) is 0 Å². The van der Waals surface area contributed by atoms with Gasteiger partial charge in [0.15, 0.2) is 0 Å². The number of piperidine rings is 1. The van der Waals surface area contributed by atoms with E-state index >= 15 is 0 Å². The van der Waals surface area contributed by atoms with Gasteiger partial charge in [0, 0.05) is 20.0 Å².